The lowest BCUT2D eigenvalue weighted by Crippen LogP contribution is -2.13. The van der Waals surface area contributed by atoms with Gasteiger partial charge in [-0.15, -0.1) is 23.1 Å². The highest BCUT2D eigenvalue weighted by Crippen LogP contribution is 2.14. The highest BCUT2D eigenvalue weighted by Gasteiger charge is 1.99. The van der Waals surface area contributed by atoms with E-state index >= 15 is 0 Å². The van der Waals surface area contributed by atoms with Crippen molar-refractivity contribution in [2.75, 3.05) is 12.8 Å². The number of aryl methyl sites for hydroxylation is 1. The van der Waals surface area contributed by atoms with Crippen LogP contribution in [0.3, 0.4) is 0 Å². The summed E-state index contributed by atoms with van der Waals surface area (Å²) in [7, 11) is 0. The first-order valence-electron chi connectivity index (χ1n) is 8.16. The van der Waals surface area contributed by atoms with Crippen molar-refractivity contribution in [3.63, 3.8) is 0 Å². The minimum atomic E-state index is 0.766. The van der Waals surface area contributed by atoms with Crippen LogP contribution in [-0.2, 0) is 6.42 Å². The first-order valence-corrected chi connectivity index (χ1v) is 10.3. The summed E-state index contributed by atoms with van der Waals surface area (Å²) in [4.78, 5) is 6.92. The first kappa shape index (κ1) is 17.7. The van der Waals surface area contributed by atoms with Gasteiger partial charge in [-0.3, -0.25) is 4.99 Å². The number of nitrogens with zero attached hydrogens (tertiary/aromatic N) is 3. The third-order valence-electron chi connectivity index (χ3n) is 3.78. The molecule has 0 aliphatic heterocycles. The maximum absolute atomic E-state index is 4.73. The molecule has 1 heterocycles. The molecule has 0 atom stereocenters. The lowest BCUT2D eigenvalue weighted by atomic mass is 10.2. The number of benzene rings is 2. The summed E-state index contributed by atoms with van der Waals surface area (Å²) >= 11 is 3.37. The van der Waals surface area contributed by atoms with Gasteiger partial charge in [0.05, 0.1) is 11.9 Å². The van der Waals surface area contributed by atoms with E-state index in [4.69, 9.17) is 4.99 Å². The molecule has 3 nitrogen and oxygen atoms in total. The molecule has 3 rings (SSSR count). The van der Waals surface area contributed by atoms with Crippen LogP contribution in [0.25, 0.3) is 0 Å². The van der Waals surface area contributed by atoms with Gasteiger partial charge in [-0.05, 0) is 42.9 Å². The summed E-state index contributed by atoms with van der Waals surface area (Å²) in [6, 6.07) is 18.9. The van der Waals surface area contributed by atoms with Gasteiger partial charge in [0, 0.05) is 16.8 Å². The van der Waals surface area contributed by atoms with Crippen LogP contribution in [0, 0.1) is 6.92 Å². The summed E-state index contributed by atoms with van der Waals surface area (Å²) in [5.74, 6) is 0. The molecule has 25 heavy (non-hydrogen) atoms. The smallest absolute Gasteiger partial charge is 0.205 e. The molecule has 0 bridgehead atoms. The molecule has 0 aliphatic rings. The van der Waals surface area contributed by atoms with Gasteiger partial charge in [-0.2, -0.15) is 5.10 Å². The van der Waals surface area contributed by atoms with Crippen LogP contribution < -0.4 is 4.80 Å². The molecule has 0 unspecified atom stereocenters. The van der Waals surface area contributed by atoms with Crippen LogP contribution in [0.4, 0.5) is 0 Å². The second-order valence-corrected chi connectivity index (χ2v) is 7.32. The van der Waals surface area contributed by atoms with Crippen LogP contribution in [0.1, 0.15) is 16.8 Å². The zero-order valence-corrected chi connectivity index (χ0v) is 16.1. The summed E-state index contributed by atoms with van der Waals surface area (Å²) in [5.41, 5.74) is 3.50. The predicted molar refractivity (Wildman–Crippen MR) is 109 cm³/mol. The maximum Gasteiger partial charge on any atom is 0.205 e. The fourth-order valence-corrected chi connectivity index (χ4v) is 3.61. The van der Waals surface area contributed by atoms with Crippen molar-refractivity contribution >= 4 is 29.3 Å². The summed E-state index contributed by atoms with van der Waals surface area (Å²) in [6.45, 7) is 2.82. The molecule has 0 radical (unpaired) electrons. The Hall–Kier alpha value is -2.11. The van der Waals surface area contributed by atoms with Crippen molar-refractivity contribution in [1.29, 1.82) is 0 Å². The highest BCUT2D eigenvalue weighted by molar-refractivity contribution is 7.98. The monoisotopic (exact) mass is 367 g/mol. The summed E-state index contributed by atoms with van der Waals surface area (Å²) in [5, 5.41) is 6.71. The molecular formula is C20H21N3S2. The molecule has 128 valence electrons. The second-order valence-electron chi connectivity index (χ2n) is 5.61. The molecule has 0 spiro atoms. The quantitative estimate of drug-likeness (QED) is 0.462. The number of rotatable bonds is 6. The van der Waals surface area contributed by atoms with Crippen molar-refractivity contribution in [3.05, 3.63) is 81.6 Å². The summed E-state index contributed by atoms with van der Waals surface area (Å²) < 4.78 is 1.91. The van der Waals surface area contributed by atoms with Gasteiger partial charge < -0.3 is 0 Å². The van der Waals surface area contributed by atoms with Gasteiger partial charge >= 0.3 is 0 Å². The van der Waals surface area contributed by atoms with E-state index in [1.54, 1.807) is 23.1 Å². The topological polar surface area (TPSA) is 29.6 Å². The fraction of sp³-hybridized carbons (Fsp3) is 0.200. The maximum atomic E-state index is 4.73. The molecule has 0 aliphatic carbocycles. The fourth-order valence-electron chi connectivity index (χ4n) is 2.37. The van der Waals surface area contributed by atoms with E-state index < -0.39 is 0 Å². The third kappa shape index (κ3) is 4.94. The Balaban J connectivity index is 1.74. The largest absolute Gasteiger partial charge is 0.257 e. The van der Waals surface area contributed by atoms with Crippen molar-refractivity contribution in [3.8, 4) is 0 Å². The molecular weight excluding hydrogens is 346 g/mol. The molecule has 3 aromatic rings. The average Bonchev–Trinajstić information content (AvgIpc) is 3.01. The Morgan fingerprint density at radius 3 is 2.56 bits per heavy atom. The van der Waals surface area contributed by atoms with Gasteiger partial charge in [0.1, 0.15) is 0 Å². The number of hydrogen-bond acceptors (Lipinski definition) is 4. The molecule has 5 heteroatoms. The van der Waals surface area contributed by atoms with E-state index in [0.29, 0.717) is 0 Å². The van der Waals surface area contributed by atoms with Gasteiger partial charge in [-0.25, -0.2) is 4.68 Å². The second kappa shape index (κ2) is 8.83. The van der Waals surface area contributed by atoms with Crippen LogP contribution in [-0.4, -0.2) is 23.7 Å². The number of hydrogen-bond donors (Lipinski definition) is 0. The molecule has 0 saturated heterocycles. The van der Waals surface area contributed by atoms with E-state index in [1.807, 2.05) is 17.0 Å². The van der Waals surface area contributed by atoms with Crippen LogP contribution in [0.5, 0.6) is 0 Å². The first-order chi connectivity index (χ1) is 12.3. The Morgan fingerprint density at radius 2 is 1.84 bits per heavy atom. The molecule has 0 amide bonds. The van der Waals surface area contributed by atoms with Gasteiger partial charge in [-0.1, -0.05) is 42.5 Å². The number of thiazole rings is 1. The van der Waals surface area contributed by atoms with Gasteiger partial charge in [0.25, 0.3) is 0 Å². The van der Waals surface area contributed by atoms with Gasteiger partial charge in [0.15, 0.2) is 0 Å². The molecule has 0 fully saturated rings. The van der Waals surface area contributed by atoms with Crippen molar-refractivity contribution in [2.24, 2.45) is 10.1 Å². The Labute approximate surface area is 156 Å². The van der Waals surface area contributed by atoms with E-state index in [-0.39, 0.29) is 0 Å². The minimum absolute atomic E-state index is 0.766. The van der Waals surface area contributed by atoms with Crippen molar-refractivity contribution in [2.45, 2.75) is 18.2 Å². The SMILES string of the molecule is CSc1ccc(C=Nn2c(C)csc2=NCCc2ccccc2)cc1. The van der Waals surface area contributed by atoms with E-state index in [9.17, 15) is 0 Å². The Bertz CT molecular complexity index is 891. The number of thioether (sulfide) groups is 1. The Morgan fingerprint density at radius 1 is 1.08 bits per heavy atom. The van der Waals surface area contributed by atoms with Crippen LogP contribution in [0.15, 0.2) is 75.0 Å². The predicted octanol–water partition coefficient (Wildman–Crippen LogP) is 4.61. The van der Waals surface area contributed by atoms with Crippen molar-refractivity contribution < 1.29 is 0 Å². The lowest BCUT2D eigenvalue weighted by molar-refractivity contribution is 0.783. The standard InChI is InChI=1S/C20H21N3S2/c1-16-15-25-20(21-13-12-17-6-4-3-5-7-17)23(16)22-14-18-8-10-19(24-2)11-9-18/h3-11,14-15H,12-13H2,1-2H3. The molecule has 0 N–H and O–H groups in total. The highest BCUT2D eigenvalue weighted by atomic mass is 32.2. The van der Waals surface area contributed by atoms with E-state index in [0.717, 1.165) is 29.0 Å². The number of aromatic nitrogens is 1. The normalized spacial score (nSPS) is 12.2. The third-order valence-corrected chi connectivity index (χ3v) is 5.49. The van der Waals surface area contributed by atoms with E-state index in [1.165, 1.54) is 10.5 Å². The minimum Gasteiger partial charge on any atom is -0.257 e. The summed E-state index contributed by atoms with van der Waals surface area (Å²) in [6.07, 6.45) is 4.91. The molecule has 1 aromatic heterocycles. The van der Waals surface area contributed by atoms with Crippen LogP contribution in [0.2, 0.25) is 0 Å². The zero-order valence-electron chi connectivity index (χ0n) is 14.4. The lowest BCUT2D eigenvalue weighted by Gasteiger charge is -2.00. The van der Waals surface area contributed by atoms with E-state index in [2.05, 4.69) is 72.2 Å². The molecule has 0 saturated carbocycles. The Kier molecular flexibility index (Phi) is 6.25. The average molecular weight is 368 g/mol. The van der Waals surface area contributed by atoms with Gasteiger partial charge in [0.2, 0.25) is 4.80 Å². The van der Waals surface area contributed by atoms with Crippen molar-refractivity contribution in [1.82, 2.24) is 4.68 Å². The molecule has 2 aromatic carbocycles. The zero-order chi connectivity index (χ0) is 17.5. The van der Waals surface area contributed by atoms with Crippen LogP contribution >= 0.6 is 23.1 Å².